The van der Waals surface area contributed by atoms with E-state index in [0.717, 1.165) is 37.6 Å². The molecule has 1 fully saturated rings. The first-order valence-electron chi connectivity index (χ1n) is 8.29. The normalized spacial score (nSPS) is 17.8. The van der Waals surface area contributed by atoms with E-state index in [1.54, 1.807) is 0 Å². The van der Waals surface area contributed by atoms with Crippen LogP contribution in [0.4, 0.5) is 0 Å². The van der Waals surface area contributed by atoms with Gasteiger partial charge in [-0.15, -0.1) is 0 Å². The Labute approximate surface area is 139 Å². The van der Waals surface area contributed by atoms with Crippen molar-refractivity contribution in [3.8, 4) is 0 Å². The zero-order chi connectivity index (χ0) is 16.0. The summed E-state index contributed by atoms with van der Waals surface area (Å²) in [7, 11) is 0. The molecule has 1 aliphatic heterocycles. The van der Waals surface area contributed by atoms with E-state index in [1.165, 1.54) is 18.4 Å². The predicted octanol–water partition coefficient (Wildman–Crippen LogP) is 3.30. The fraction of sp³-hybridized carbons (Fsp3) is 0.667. The molecule has 1 saturated heterocycles. The molecule has 1 heterocycles. The molecule has 1 aliphatic rings. The number of rotatable bonds is 7. The van der Waals surface area contributed by atoms with Gasteiger partial charge in [0.2, 0.25) is 0 Å². The van der Waals surface area contributed by atoms with E-state index in [1.807, 2.05) is 12.1 Å². The van der Waals surface area contributed by atoms with Gasteiger partial charge in [-0.05, 0) is 55.5 Å². The molecule has 0 unspecified atom stereocenters. The van der Waals surface area contributed by atoms with Gasteiger partial charge in [-0.1, -0.05) is 37.6 Å². The molecule has 3 nitrogen and oxygen atoms in total. The minimum Gasteiger partial charge on any atom is -0.396 e. The van der Waals surface area contributed by atoms with Crippen LogP contribution in [0, 0.1) is 5.41 Å². The molecule has 0 amide bonds. The molecular formula is C18H29ClN2O. The summed E-state index contributed by atoms with van der Waals surface area (Å²) in [6.45, 7) is 8.97. The Hall–Kier alpha value is -0.610. The first-order chi connectivity index (χ1) is 10.5. The third-order valence-corrected chi connectivity index (χ3v) is 4.82. The van der Waals surface area contributed by atoms with Gasteiger partial charge >= 0.3 is 0 Å². The molecule has 0 aliphatic carbocycles. The Morgan fingerprint density at radius 3 is 2.45 bits per heavy atom. The second-order valence-corrected chi connectivity index (χ2v) is 7.63. The van der Waals surface area contributed by atoms with Crippen molar-refractivity contribution in [1.82, 2.24) is 10.2 Å². The van der Waals surface area contributed by atoms with Gasteiger partial charge in [-0.25, -0.2) is 0 Å². The fourth-order valence-corrected chi connectivity index (χ4v) is 3.08. The minimum atomic E-state index is 0.176. The van der Waals surface area contributed by atoms with Crippen molar-refractivity contribution < 1.29 is 5.11 Å². The molecule has 22 heavy (non-hydrogen) atoms. The van der Waals surface area contributed by atoms with Crippen LogP contribution in [0.1, 0.15) is 38.7 Å². The number of nitrogens with one attached hydrogen (secondary N) is 1. The SMILES string of the molecule is CC(C)(CCO)CNC1CCN(Cc2ccc(Cl)cc2)CC1. The van der Waals surface area contributed by atoms with Crippen molar-refractivity contribution in [3.63, 3.8) is 0 Å². The first-order valence-corrected chi connectivity index (χ1v) is 8.67. The molecule has 0 atom stereocenters. The number of halogens is 1. The summed E-state index contributed by atoms with van der Waals surface area (Å²) in [4.78, 5) is 2.51. The van der Waals surface area contributed by atoms with E-state index in [-0.39, 0.29) is 12.0 Å². The molecule has 1 aromatic rings. The average molecular weight is 325 g/mol. The molecule has 0 bridgehead atoms. The van der Waals surface area contributed by atoms with Crippen molar-refractivity contribution in [3.05, 3.63) is 34.9 Å². The van der Waals surface area contributed by atoms with Crippen molar-refractivity contribution in [2.45, 2.75) is 45.7 Å². The average Bonchev–Trinajstić information content (AvgIpc) is 2.49. The number of piperidine rings is 1. The molecular weight excluding hydrogens is 296 g/mol. The maximum atomic E-state index is 9.09. The standard InChI is InChI=1S/C18H29ClN2O/c1-18(2,9-12-22)14-20-17-7-10-21(11-8-17)13-15-3-5-16(19)6-4-15/h3-6,17,20,22H,7-14H2,1-2H3. The largest absolute Gasteiger partial charge is 0.396 e. The number of aliphatic hydroxyl groups is 1. The highest BCUT2D eigenvalue weighted by molar-refractivity contribution is 6.30. The lowest BCUT2D eigenvalue weighted by Gasteiger charge is -2.34. The highest BCUT2D eigenvalue weighted by Crippen LogP contribution is 2.20. The van der Waals surface area contributed by atoms with Crippen LogP contribution in [0.5, 0.6) is 0 Å². The summed E-state index contributed by atoms with van der Waals surface area (Å²) >= 11 is 5.93. The summed E-state index contributed by atoms with van der Waals surface area (Å²) in [5.74, 6) is 0. The molecule has 4 heteroatoms. The van der Waals surface area contributed by atoms with E-state index in [2.05, 4.69) is 36.2 Å². The van der Waals surface area contributed by atoms with Crippen LogP contribution in [-0.4, -0.2) is 42.3 Å². The van der Waals surface area contributed by atoms with Crippen molar-refractivity contribution in [1.29, 1.82) is 0 Å². The summed E-state index contributed by atoms with van der Waals surface area (Å²) in [5, 5.41) is 13.6. The van der Waals surface area contributed by atoms with Gasteiger partial charge in [0.05, 0.1) is 0 Å². The smallest absolute Gasteiger partial charge is 0.0436 e. The number of aliphatic hydroxyl groups excluding tert-OH is 1. The lowest BCUT2D eigenvalue weighted by atomic mass is 9.89. The lowest BCUT2D eigenvalue weighted by Crippen LogP contribution is -2.45. The van der Waals surface area contributed by atoms with Crippen LogP contribution in [0.25, 0.3) is 0 Å². The fourth-order valence-electron chi connectivity index (χ4n) is 2.95. The highest BCUT2D eigenvalue weighted by Gasteiger charge is 2.22. The monoisotopic (exact) mass is 324 g/mol. The summed E-state index contributed by atoms with van der Waals surface area (Å²) in [6, 6.07) is 8.77. The molecule has 1 aromatic carbocycles. The number of hydrogen-bond acceptors (Lipinski definition) is 3. The van der Waals surface area contributed by atoms with Gasteiger partial charge in [0.25, 0.3) is 0 Å². The van der Waals surface area contributed by atoms with Crippen LogP contribution in [0.2, 0.25) is 5.02 Å². The maximum Gasteiger partial charge on any atom is 0.0436 e. The third kappa shape index (κ3) is 5.88. The maximum absolute atomic E-state index is 9.09. The Balaban J connectivity index is 1.70. The van der Waals surface area contributed by atoms with Gasteiger partial charge in [-0.3, -0.25) is 4.90 Å². The van der Waals surface area contributed by atoms with Gasteiger partial charge < -0.3 is 10.4 Å². The van der Waals surface area contributed by atoms with E-state index < -0.39 is 0 Å². The van der Waals surface area contributed by atoms with Gasteiger partial charge in [-0.2, -0.15) is 0 Å². The van der Waals surface area contributed by atoms with E-state index in [9.17, 15) is 0 Å². The quantitative estimate of drug-likeness (QED) is 0.807. The van der Waals surface area contributed by atoms with Gasteiger partial charge in [0.1, 0.15) is 0 Å². The second kappa shape index (κ2) is 8.30. The topological polar surface area (TPSA) is 35.5 Å². The molecule has 0 aromatic heterocycles. The molecule has 2 N–H and O–H groups in total. The van der Waals surface area contributed by atoms with E-state index in [0.29, 0.717) is 6.04 Å². The number of hydrogen-bond donors (Lipinski definition) is 2. The molecule has 2 rings (SSSR count). The Bertz CT molecular complexity index is 439. The first kappa shape index (κ1) is 17.7. The van der Waals surface area contributed by atoms with Crippen molar-refractivity contribution >= 4 is 11.6 Å². The number of benzene rings is 1. The Kier molecular flexibility index (Phi) is 6.69. The highest BCUT2D eigenvalue weighted by atomic mass is 35.5. The van der Waals surface area contributed by atoms with E-state index >= 15 is 0 Å². The lowest BCUT2D eigenvalue weighted by molar-refractivity contribution is 0.168. The van der Waals surface area contributed by atoms with Crippen LogP contribution < -0.4 is 5.32 Å². The Morgan fingerprint density at radius 1 is 1.23 bits per heavy atom. The third-order valence-electron chi connectivity index (χ3n) is 4.56. The van der Waals surface area contributed by atoms with E-state index in [4.69, 9.17) is 16.7 Å². The molecule has 0 radical (unpaired) electrons. The zero-order valence-corrected chi connectivity index (χ0v) is 14.6. The number of nitrogens with zero attached hydrogens (tertiary/aromatic N) is 1. The van der Waals surface area contributed by atoms with Gasteiger partial charge in [0.15, 0.2) is 0 Å². The zero-order valence-electron chi connectivity index (χ0n) is 13.8. The van der Waals surface area contributed by atoms with Crippen molar-refractivity contribution in [2.24, 2.45) is 5.41 Å². The molecule has 0 spiro atoms. The summed E-state index contributed by atoms with van der Waals surface area (Å²) in [6.07, 6.45) is 3.25. The van der Waals surface area contributed by atoms with Crippen LogP contribution in [0.15, 0.2) is 24.3 Å². The molecule has 124 valence electrons. The van der Waals surface area contributed by atoms with Crippen molar-refractivity contribution in [2.75, 3.05) is 26.2 Å². The summed E-state index contributed by atoms with van der Waals surface area (Å²) < 4.78 is 0. The van der Waals surface area contributed by atoms with Crippen LogP contribution in [-0.2, 0) is 6.54 Å². The predicted molar refractivity (Wildman–Crippen MR) is 93.2 cm³/mol. The second-order valence-electron chi connectivity index (χ2n) is 7.20. The van der Waals surface area contributed by atoms with Crippen LogP contribution >= 0.6 is 11.6 Å². The molecule has 0 saturated carbocycles. The number of likely N-dealkylation sites (tertiary alicyclic amines) is 1. The van der Waals surface area contributed by atoms with Gasteiger partial charge in [0, 0.05) is 30.8 Å². The minimum absolute atomic E-state index is 0.176. The van der Waals surface area contributed by atoms with Crippen LogP contribution in [0.3, 0.4) is 0 Å². The summed E-state index contributed by atoms with van der Waals surface area (Å²) in [5.41, 5.74) is 1.51. The Morgan fingerprint density at radius 2 is 1.86 bits per heavy atom.